The molecule has 5 heteroatoms. The number of carbonyl (C=O) groups is 2. The molecule has 0 saturated carbocycles. The molecule has 0 aliphatic heterocycles. The number of hydrogen-bond donors (Lipinski definition) is 1. The van der Waals surface area contributed by atoms with E-state index in [9.17, 15) is 9.59 Å². The van der Waals surface area contributed by atoms with Crippen LogP contribution in [0.25, 0.3) is 0 Å². The Balaban J connectivity index is 4.05. The third-order valence-corrected chi connectivity index (χ3v) is 1.55. The van der Waals surface area contributed by atoms with Gasteiger partial charge in [0.2, 0.25) is 0 Å². The summed E-state index contributed by atoms with van der Waals surface area (Å²) in [6, 6.07) is 0. The van der Waals surface area contributed by atoms with E-state index in [4.69, 9.17) is 5.11 Å². The van der Waals surface area contributed by atoms with Crippen molar-refractivity contribution < 1.29 is 19.5 Å². The molecule has 0 bridgehead atoms. The van der Waals surface area contributed by atoms with Crippen LogP contribution in [0.15, 0.2) is 12.2 Å². The van der Waals surface area contributed by atoms with Gasteiger partial charge in [0.25, 0.3) is 0 Å². The smallest absolute Gasteiger partial charge is 0.440 e. The van der Waals surface area contributed by atoms with Gasteiger partial charge in [-0.15, -0.1) is 5.06 Å². The van der Waals surface area contributed by atoms with Crippen LogP contribution in [0.3, 0.4) is 0 Å². The minimum atomic E-state index is -1.26. The minimum absolute atomic E-state index is 0.183. The van der Waals surface area contributed by atoms with Gasteiger partial charge in [0, 0.05) is 6.08 Å². The lowest BCUT2D eigenvalue weighted by molar-refractivity contribution is -0.173. The normalized spacial score (nSPS) is 10.3. The SMILES string of the molecule is CCCC=CC(=O)ON(CCC)C(=O)O. The lowest BCUT2D eigenvalue weighted by Crippen LogP contribution is -2.32. The van der Waals surface area contributed by atoms with Crippen molar-refractivity contribution in [3.8, 4) is 0 Å². The summed E-state index contributed by atoms with van der Waals surface area (Å²) in [5.41, 5.74) is 0. The Morgan fingerprint density at radius 2 is 2.00 bits per heavy atom. The summed E-state index contributed by atoms with van der Waals surface area (Å²) in [4.78, 5) is 26.3. The molecule has 0 heterocycles. The van der Waals surface area contributed by atoms with Crippen molar-refractivity contribution in [3.63, 3.8) is 0 Å². The summed E-state index contributed by atoms with van der Waals surface area (Å²) in [7, 11) is 0. The van der Waals surface area contributed by atoms with Crippen molar-refractivity contribution in [1.29, 1.82) is 0 Å². The van der Waals surface area contributed by atoms with Gasteiger partial charge in [0.1, 0.15) is 0 Å². The number of hydroxylamine groups is 2. The minimum Gasteiger partial charge on any atom is -0.463 e. The molecule has 0 aromatic carbocycles. The Labute approximate surface area is 89.3 Å². The summed E-state index contributed by atoms with van der Waals surface area (Å²) in [5, 5.41) is 9.29. The van der Waals surface area contributed by atoms with Gasteiger partial charge in [-0.25, -0.2) is 9.59 Å². The summed E-state index contributed by atoms with van der Waals surface area (Å²) >= 11 is 0. The predicted molar refractivity (Wildman–Crippen MR) is 55.2 cm³/mol. The molecule has 0 aromatic rings. The second-order valence-corrected chi connectivity index (χ2v) is 2.99. The van der Waals surface area contributed by atoms with Crippen molar-refractivity contribution >= 4 is 12.1 Å². The molecule has 15 heavy (non-hydrogen) atoms. The summed E-state index contributed by atoms with van der Waals surface area (Å²) in [6.45, 7) is 3.97. The average Bonchev–Trinajstić information content (AvgIpc) is 2.17. The molecule has 1 amide bonds. The topological polar surface area (TPSA) is 66.8 Å². The van der Waals surface area contributed by atoms with E-state index in [1.165, 1.54) is 6.08 Å². The fraction of sp³-hybridized carbons (Fsp3) is 0.600. The first-order valence-corrected chi connectivity index (χ1v) is 5.00. The van der Waals surface area contributed by atoms with Crippen LogP contribution in [0.1, 0.15) is 33.1 Å². The molecule has 0 fully saturated rings. The molecular weight excluding hydrogens is 198 g/mol. The Hall–Kier alpha value is -1.52. The van der Waals surface area contributed by atoms with Gasteiger partial charge in [-0.3, -0.25) is 0 Å². The number of rotatable bonds is 5. The lowest BCUT2D eigenvalue weighted by atomic mass is 10.3. The highest BCUT2D eigenvalue weighted by atomic mass is 16.7. The van der Waals surface area contributed by atoms with Gasteiger partial charge in [-0.05, 0) is 12.8 Å². The van der Waals surface area contributed by atoms with Crippen molar-refractivity contribution in [2.75, 3.05) is 6.54 Å². The van der Waals surface area contributed by atoms with E-state index in [1.54, 1.807) is 13.0 Å². The molecule has 0 radical (unpaired) electrons. The largest absolute Gasteiger partial charge is 0.463 e. The van der Waals surface area contributed by atoms with Gasteiger partial charge in [0.15, 0.2) is 0 Å². The second kappa shape index (κ2) is 7.84. The molecule has 0 saturated heterocycles. The Kier molecular flexibility index (Phi) is 7.05. The quantitative estimate of drug-likeness (QED) is 0.564. The molecular formula is C10H17NO4. The molecule has 0 unspecified atom stereocenters. The molecule has 0 aromatic heterocycles. The first-order chi connectivity index (χ1) is 7.11. The number of carboxylic acid groups (broad SMARTS) is 1. The van der Waals surface area contributed by atoms with Crippen LogP contribution in [0.5, 0.6) is 0 Å². The zero-order valence-electron chi connectivity index (χ0n) is 9.10. The van der Waals surface area contributed by atoms with E-state index in [-0.39, 0.29) is 6.54 Å². The monoisotopic (exact) mass is 215 g/mol. The van der Waals surface area contributed by atoms with E-state index >= 15 is 0 Å². The third kappa shape index (κ3) is 6.54. The number of amides is 1. The van der Waals surface area contributed by atoms with Crippen molar-refractivity contribution in [3.05, 3.63) is 12.2 Å². The number of nitrogens with zero attached hydrogens (tertiary/aromatic N) is 1. The molecule has 86 valence electrons. The molecule has 5 nitrogen and oxygen atoms in total. The zero-order valence-corrected chi connectivity index (χ0v) is 9.10. The highest BCUT2D eigenvalue weighted by Crippen LogP contribution is 1.97. The summed E-state index contributed by atoms with van der Waals surface area (Å²) in [6.07, 6.45) is 3.95. The highest BCUT2D eigenvalue weighted by molar-refractivity contribution is 5.82. The van der Waals surface area contributed by atoms with Gasteiger partial charge < -0.3 is 9.94 Å². The van der Waals surface area contributed by atoms with Gasteiger partial charge >= 0.3 is 12.1 Å². The molecule has 0 spiro atoms. The van der Waals surface area contributed by atoms with Crippen LogP contribution in [0, 0.1) is 0 Å². The Morgan fingerprint density at radius 1 is 1.33 bits per heavy atom. The van der Waals surface area contributed by atoms with Crippen molar-refractivity contribution in [2.24, 2.45) is 0 Å². The van der Waals surface area contributed by atoms with Crippen LogP contribution < -0.4 is 0 Å². The first-order valence-electron chi connectivity index (χ1n) is 5.00. The number of unbranched alkanes of at least 4 members (excludes halogenated alkanes) is 1. The van der Waals surface area contributed by atoms with Crippen molar-refractivity contribution in [2.45, 2.75) is 33.1 Å². The summed E-state index contributed by atoms with van der Waals surface area (Å²) in [5.74, 6) is -0.653. The van der Waals surface area contributed by atoms with E-state index in [0.29, 0.717) is 11.5 Å². The number of carbonyl (C=O) groups excluding carboxylic acids is 1. The van der Waals surface area contributed by atoms with Crippen LogP contribution >= 0.6 is 0 Å². The third-order valence-electron chi connectivity index (χ3n) is 1.55. The lowest BCUT2D eigenvalue weighted by Gasteiger charge is -2.15. The first kappa shape index (κ1) is 13.5. The summed E-state index contributed by atoms with van der Waals surface area (Å²) < 4.78 is 0. The molecule has 0 aliphatic rings. The van der Waals surface area contributed by atoms with E-state index < -0.39 is 12.1 Å². The van der Waals surface area contributed by atoms with E-state index in [0.717, 1.165) is 12.8 Å². The van der Waals surface area contributed by atoms with Gasteiger partial charge in [-0.2, -0.15) is 0 Å². The Bertz CT molecular complexity index is 238. The zero-order chi connectivity index (χ0) is 11.7. The van der Waals surface area contributed by atoms with Crippen LogP contribution in [0.4, 0.5) is 4.79 Å². The predicted octanol–water partition coefficient (Wildman–Crippen LogP) is 2.19. The molecule has 0 aliphatic carbocycles. The Morgan fingerprint density at radius 3 is 2.47 bits per heavy atom. The molecule has 1 N–H and O–H groups in total. The molecule has 0 atom stereocenters. The van der Waals surface area contributed by atoms with E-state index in [1.807, 2.05) is 6.92 Å². The molecule has 0 rings (SSSR count). The van der Waals surface area contributed by atoms with Crippen molar-refractivity contribution in [1.82, 2.24) is 5.06 Å². The van der Waals surface area contributed by atoms with Crippen LogP contribution in [-0.2, 0) is 9.63 Å². The fourth-order valence-corrected chi connectivity index (χ4v) is 0.869. The van der Waals surface area contributed by atoms with Crippen LogP contribution in [0.2, 0.25) is 0 Å². The number of hydrogen-bond acceptors (Lipinski definition) is 3. The average molecular weight is 215 g/mol. The highest BCUT2D eigenvalue weighted by Gasteiger charge is 2.14. The number of allylic oxidation sites excluding steroid dienone is 1. The second-order valence-electron chi connectivity index (χ2n) is 2.99. The maximum absolute atomic E-state index is 11.1. The standard InChI is InChI=1S/C10H17NO4/c1-3-5-6-7-9(12)15-11(8-4-2)10(13)14/h6-7H,3-5,8H2,1-2H3,(H,13,14). The van der Waals surface area contributed by atoms with E-state index in [2.05, 4.69) is 4.84 Å². The fourth-order valence-electron chi connectivity index (χ4n) is 0.869. The maximum atomic E-state index is 11.1. The maximum Gasteiger partial charge on any atom is 0.440 e. The van der Waals surface area contributed by atoms with Gasteiger partial charge in [-0.1, -0.05) is 26.3 Å². The van der Waals surface area contributed by atoms with Gasteiger partial charge in [0.05, 0.1) is 6.54 Å². The van der Waals surface area contributed by atoms with Crippen LogP contribution in [-0.4, -0.2) is 28.8 Å².